The lowest BCUT2D eigenvalue weighted by Gasteiger charge is -2.04. The van der Waals surface area contributed by atoms with Gasteiger partial charge in [0.25, 0.3) is 0 Å². The van der Waals surface area contributed by atoms with E-state index < -0.39 is 0 Å². The van der Waals surface area contributed by atoms with Gasteiger partial charge in [-0.2, -0.15) is 0 Å². The second kappa shape index (κ2) is 20.3. The summed E-state index contributed by atoms with van der Waals surface area (Å²) < 4.78 is 0. The van der Waals surface area contributed by atoms with E-state index in [9.17, 15) is 0 Å². The van der Waals surface area contributed by atoms with Gasteiger partial charge in [-0.1, -0.05) is 162 Å². The Hall–Kier alpha value is 0. The quantitative estimate of drug-likeness (QED) is 0.152. The van der Waals surface area contributed by atoms with E-state index in [0.717, 1.165) is 11.8 Å². The summed E-state index contributed by atoms with van der Waals surface area (Å²) >= 11 is 0. The number of hydrogen-bond acceptors (Lipinski definition) is 0. The van der Waals surface area contributed by atoms with Crippen LogP contribution >= 0.6 is 0 Å². The Morgan fingerprint density at radius 3 is 0.893 bits per heavy atom. The fraction of sp³-hybridized carbons (Fsp3) is 1.00. The van der Waals surface area contributed by atoms with Crippen molar-refractivity contribution >= 4 is 0 Å². The molecule has 1 aliphatic rings. The lowest BCUT2D eigenvalue weighted by atomic mass is 10.0. The third kappa shape index (κ3) is 16.9. The van der Waals surface area contributed by atoms with Crippen molar-refractivity contribution in [1.82, 2.24) is 0 Å². The molecule has 0 nitrogen and oxygen atoms in total. The van der Waals surface area contributed by atoms with Crippen molar-refractivity contribution in [2.45, 2.75) is 168 Å². The Balaban J connectivity index is 1.68. The van der Waals surface area contributed by atoms with Crippen LogP contribution in [0.4, 0.5) is 0 Å². The molecular weight excluding hydrogens is 336 g/mol. The van der Waals surface area contributed by atoms with Crippen LogP contribution in [0.25, 0.3) is 0 Å². The van der Waals surface area contributed by atoms with Crippen LogP contribution in [0.2, 0.25) is 0 Å². The second-order valence-electron chi connectivity index (χ2n) is 10.1. The molecule has 1 aliphatic carbocycles. The number of rotatable bonds is 23. The van der Waals surface area contributed by atoms with E-state index in [0.29, 0.717) is 0 Å². The molecule has 2 unspecified atom stereocenters. The van der Waals surface area contributed by atoms with Crippen LogP contribution in [0.5, 0.6) is 0 Å². The molecule has 0 heteroatoms. The SMILES string of the molecule is CCCCCCCCCCCCCCCCCC1CC1CCCCCCCC. The van der Waals surface area contributed by atoms with Crippen LogP contribution in [0.3, 0.4) is 0 Å². The minimum atomic E-state index is 1.14. The van der Waals surface area contributed by atoms with Crippen molar-refractivity contribution in [3.63, 3.8) is 0 Å². The molecule has 0 radical (unpaired) electrons. The molecule has 0 aromatic carbocycles. The molecule has 0 heterocycles. The highest BCUT2D eigenvalue weighted by Gasteiger charge is 2.34. The topological polar surface area (TPSA) is 0 Å². The fourth-order valence-corrected chi connectivity index (χ4v) is 4.98. The van der Waals surface area contributed by atoms with E-state index in [4.69, 9.17) is 0 Å². The van der Waals surface area contributed by atoms with Crippen molar-refractivity contribution in [1.29, 1.82) is 0 Å². The molecule has 0 aromatic rings. The smallest absolute Gasteiger partial charge is 0.0383 e. The standard InChI is InChI=1S/C28H56/c1-3-5-7-9-11-12-13-14-15-16-17-18-19-21-23-25-28-26-27(28)24-22-20-10-8-6-4-2/h27-28H,3-26H2,1-2H3. The first-order chi connectivity index (χ1) is 13.9. The van der Waals surface area contributed by atoms with Gasteiger partial charge in [-0.3, -0.25) is 0 Å². The molecule has 168 valence electrons. The number of hydrogen-bond donors (Lipinski definition) is 0. The van der Waals surface area contributed by atoms with Gasteiger partial charge in [-0.25, -0.2) is 0 Å². The fourth-order valence-electron chi connectivity index (χ4n) is 4.98. The predicted octanol–water partition coefficient (Wildman–Crippen LogP) is 10.6. The predicted molar refractivity (Wildman–Crippen MR) is 129 cm³/mol. The molecule has 0 N–H and O–H groups in total. The van der Waals surface area contributed by atoms with Crippen LogP contribution in [0, 0.1) is 11.8 Å². The van der Waals surface area contributed by atoms with Crippen molar-refractivity contribution in [3.05, 3.63) is 0 Å². The molecule has 28 heavy (non-hydrogen) atoms. The minimum absolute atomic E-state index is 1.14. The summed E-state index contributed by atoms with van der Waals surface area (Å²) in [5.41, 5.74) is 0. The van der Waals surface area contributed by atoms with Crippen molar-refractivity contribution in [3.8, 4) is 0 Å². The summed E-state index contributed by atoms with van der Waals surface area (Å²) in [4.78, 5) is 0. The highest BCUT2D eigenvalue weighted by molar-refractivity contribution is 4.85. The van der Waals surface area contributed by atoms with E-state index >= 15 is 0 Å². The third-order valence-corrected chi connectivity index (χ3v) is 7.18. The number of unbranched alkanes of at least 4 members (excludes halogenated alkanes) is 19. The molecule has 0 aliphatic heterocycles. The normalized spacial score (nSPS) is 18.6. The Bertz CT molecular complexity index is 294. The average Bonchev–Trinajstić information content (AvgIpc) is 3.45. The Morgan fingerprint density at radius 2 is 0.607 bits per heavy atom. The zero-order valence-electron chi connectivity index (χ0n) is 20.1. The van der Waals surface area contributed by atoms with Gasteiger partial charge in [0, 0.05) is 0 Å². The zero-order valence-corrected chi connectivity index (χ0v) is 20.1. The molecule has 1 saturated carbocycles. The molecule has 2 atom stereocenters. The highest BCUT2D eigenvalue weighted by Crippen LogP contribution is 2.45. The molecule has 0 spiro atoms. The molecule has 1 fully saturated rings. The second-order valence-corrected chi connectivity index (χ2v) is 10.1. The van der Waals surface area contributed by atoms with E-state index in [2.05, 4.69) is 13.8 Å². The lowest BCUT2D eigenvalue weighted by molar-refractivity contribution is 0.506. The van der Waals surface area contributed by atoms with Crippen molar-refractivity contribution in [2.24, 2.45) is 11.8 Å². The van der Waals surface area contributed by atoms with Crippen LogP contribution in [0.1, 0.15) is 168 Å². The zero-order chi connectivity index (χ0) is 20.1. The van der Waals surface area contributed by atoms with E-state index in [1.54, 1.807) is 19.3 Å². The van der Waals surface area contributed by atoms with Crippen LogP contribution in [-0.4, -0.2) is 0 Å². The largest absolute Gasteiger partial charge is 0.0654 e. The van der Waals surface area contributed by atoms with Gasteiger partial charge in [0.1, 0.15) is 0 Å². The van der Waals surface area contributed by atoms with Crippen LogP contribution in [0.15, 0.2) is 0 Å². The van der Waals surface area contributed by atoms with Gasteiger partial charge in [0.2, 0.25) is 0 Å². The summed E-state index contributed by atoms with van der Waals surface area (Å²) in [5.74, 6) is 2.27. The maximum absolute atomic E-state index is 2.31. The summed E-state index contributed by atoms with van der Waals surface area (Å²) in [6.07, 6.45) is 35.8. The average molecular weight is 393 g/mol. The molecule has 0 aromatic heterocycles. The van der Waals surface area contributed by atoms with Crippen LogP contribution in [-0.2, 0) is 0 Å². The summed E-state index contributed by atoms with van der Waals surface area (Å²) in [7, 11) is 0. The van der Waals surface area contributed by atoms with Gasteiger partial charge in [-0.15, -0.1) is 0 Å². The Labute approximate surface area is 180 Å². The van der Waals surface area contributed by atoms with E-state index in [1.165, 1.54) is 135 Å². The van der Waals surface area contributed by atoms with Gasteiger partial charge in [-0.05, 0) is 18.3 Å². The first-order valence-corrected chi connectivity index (χ1v) is 13.9. The molecule has 1 rings (SSSR count). The summed E-state index contributed by atoms with van der Waals surface area (Å²) in [5, 5.41) is 0. The highest BCUT2D eigenvalue weighted by atomic mass is 14.4. The van der Waals surface area contributed by atoms with E-state index in [1.807, 2.05) is 0 Å². The first-order valence-electron chi connectivity index (χ1n) is 13.9. The Morgan fingerprint density at radius 1 is 0.357 bits per heavy atom. The lowest BCUT2D eigenvalue weighted by Crippen LogP contribution is -1.87. The van der Waals surface area contributed by atoms with Gasteiger partial charge < -0.3 is 0 Å². The molecule has 0 saturated heterocycles. The molecule has 0 bridgehead atoms. The van der Waals surface area contributed by atoms with E-state index in [-0.39, 0.29) is 0 Å². The summed E-state index contributed by atoms with van der Waals surface area (Å²) in [6.45, 7) is 4.62. The van der Waals surface area contributed by atoms with Crippen molar-refractivity contribution in [2.75, 3.05) is 0 Å². The van der Waals surface area contributed by atoms with Crippen LogP contribution < -0.4 is 0 Å². The monoisotopic (exact) mass is 392 g/mol. The third-order valence-electron chi connectivity index (χ3n) is 7.18. The maximum Gasteiger partial charge on any atom is -0.0383 e. The minimum Gasteiger partial charge on any atom is -0.0654 e. The molecule has 0 amide bonds. The molecular formula is C28H56. The van der Waals surface area contributed by atoms with Gasteiger partial charge in [0.15, 0.2) is 0 Å². The van der Waals surface area contributed by atoms with Gasteiger partial charge >= 0.3 is 0 Å². The first kappa shape index (κ1) is 26.0. The van der Waals surface area contributed by atoms with Crippen molar-refractivity contribution < 1.29 is 0 Å². The van der Waals surface area contributed by atoms with Gasteiger partial charge in [0.05, 0.1) is 0 Å². The summed E-state index contributed by atoms with van der Waals surface area (Å²) in [6, 6.07) is 0. The Kier molecular flexibility index (Phi) is 18.9. The maximum atomic E-state index is 2.31.